The van der Waals surface area contributed by atoms with E-state index in [4.69, 9.17) is 4.74 Å². The highest BCUT2D eigenvalue weighted by atomic mass is 16.5. The second kappa shape index (κ2) is 12.0. The lowest BCUT2D eigenvalue weighted by molar-refractivity contribution is -0.0558. The molecule has 0 saturated heterocycles. The standard InChI is InChI=1S/C15H24O.2C2H6/c1-12(2)14(15(3,4)5)16-11-13-9-7-6-8-10-13;2*1-2/h6-10,12,14H,11H2,1-5H3;2*1-2H3. The first-order valence-electron chi connectivity index (χ1n) is 8.07. The molecule has 0 spiro atoms. The normalized spacial score (nSPS) is 11.9. The van der Waals surface area contributed by atoms with Gasteiger partial charge in [0, 0.05) is 0 Å². The maximum Gasteiger partial charge on any atom is 0.0721 e. The summed E-state index contributed by atoms with van der Waals surface area (Å²) in [5, 5.41) is 0. The molecule has 0 aliphatic heterocycles. The molecule has 0 N–H and O–H groups in total. The highest BCUT2D eigenvalue weighted by Gasteiger charge is 2.28. The molecule has 0 aliphatic carbocycles. The third-order valence-electron chi connectivity index (χ3n) is 2.73. The summed E-state index contributed by atoms with van der Waals surface area (Å²) in [5.74, 6) is 0.545. The monoisotopic (exact) mass is 280 g/mol. The van der Waals surface area contributed by atoms with E-state index < -0.39 is 0 Å². The van der Waals surface area contributed by atoms with Gasteiger partial charge in [-0.2, -0.15) is 0 Å². The zero-order chi connectivity index (χ0) is 16.2. The van der Waals surface area contributed by atoms with Gasteiger partial charge < -0.3 is 4.74 Å². The van der Waals surface area contributed by atoms with Gasteiger partial charge in [-0.1, -0.05) is 92.6 Å². The first kappa shape index (κ1) is 21.5. The maximum atomic E-state index is 6.05. The molecule has 1 heteroatoms. The predicted octanol–water partition coefficient (Wildman–Crippen LogP) is 6.33. The highest BCUT2D eigenvalue weighted by Crippen LogP contribution is 2.28. The van der Waals surface area contributed by atoms with Crippen LogP contribution in [0.15, 0.2) is 30.3 Å². The number of rotatable bonds is 4. The molecule has 0 bridgehead atoms. The first-order valence-corrected chi connectivity index (χ1v) is 8.07. The molecule has 0 aliphatic rings. The average Bonchev–Trinajstić information content (AvgIpc) is 2.43. The Bertz CT molecular complexity index is 295. The third kappa shape index (κ3) is 9.14. The van der Waals surface area contributed by atoms with Crippen molar-refractivity contribution in [3.05, 3.63) is 35.9 Å². The fourth-order valence-corrected chi connectivity index (χ4v) is 2.20. The van der Waals surface area contributed by atoms with E-state index in [-0.39, 0.29) is 5.41 Å². The summed E-state index contributed by atoms with van der Waals surface area (Å²) in [6.45, 7) is 19.9. The molecule has 20 heavy (non-hydrogen) atoms. The minimum atomic E-state index is 0.197. The van der Waals surface area contributed by atoms with Gasteiger partial charge in [0.2, 0.25) is 0 Å². The highest BCUT2D eigenvalue weighted by molar-refractivity contribution is 5.13. The van der Waals surface area contributed by atoms with Crippen molar-refractivity contribution in [2.45, 2.75) is 75.0 Å². The van der Waals surface area contributed by atoms with E-state index in [9.17, 15) is 0 Å². The van der Waals surface area contributed by atoms with Crippen LogP contribution >= 0.6 is 0 Å². The van der Waals surface area contributed by atoms with E-state index in [1.54, 1.807) is 0 Å². The summed E-state index contributed by atoms with van der Waals surface area (Å²) in [6, 6.07) is 10.4. The summed E-state index contributed by atoms with van der Waals surface area (Å²) in [5.41, 5.74) is 1.44. The minimum absolute atomic E-state index is 0.197. The van der Waals surface area contributed by atoms with Gasteiger partial charge in [-0.3, -0.25) is 0 Å². The summed E-state index contributed by atoms with van der Waals surface area (Å²) in [4.78, 5) is 0. The van der Waals surface area contributed by atoms with E-state index in [2.05, 4.69) is 58.9 Å². The van der Waals surface area contributed by atoms with Crippen LogP contribution < -0.4 is 0 Å². The Hall–Kier alpha value is -0.820. The van der Waals surface area contributed by atoms with Gasteiger partial charge in [0.05, 0.1) is 12.7 Å². The van der Waals surface area contributed by atoms with Gasteiger partial charge in [-0.25, -0.2) is 0 Å². The minimum Gasteiger partial charge on any atom is -0.373 e. The smallest absolute Gasteiger partial charge is 0.0721 e. The van der Waals surface area contributed by atoms with Gasteiger partial charge in [0.25, 0.3) is 0 Å². The van der Waals surface area contributed by atoms with Crippen LogP contribution in [0.1, 0.15) is 67.9 Å². The molecule has 0 aromatic heterocycles. The fraction of sp³-hybridized carbons (Fsp3) is 0.684. The maximum absolute atomic E-state index is 6.05. The molecule has 1 aromatic carbocycles. The van der Waals surface area contributed by atoms with Gasteiger partial charge in [-0.15, -0.1) is 0 Å². The van der Waals surface area contributed by atoms with Crippen LogP contribution in [0.5, 0.6) is 0 Å². The van der Waals surface area contributed by atoms with Crippen LogP contribution in [0.4, 0.5) is 0 Å². The van der Waals surface area contributed by atoms with Gasteiger partial charge >= 0.3 is 0 Å². The molecule has 1 nitrogen and oxygen atoms in total. The van der Waals surface area contributed by atoms with E-state index >= 15 is 0 Å². The molecule has 0 fully saturated rings. The van der Waals surface area contributed by atoms with Crippen molar-refractivity contribution in [1.29, 1.82) is 0 Å². The SMILES string of the molecule is CC.CC.CC(C)C(OCc1ccccc1)C(C)(C)C. The molecule has 0 heterocycles. The van der Waals surface area contributed by atoms with Crippen LogP contribution in [0.25, 0.3) is 0 Å². The second-order valence-corrected chi connectivity index (χ2v) is 5.83. The van der Waals surface area contributed by atoms with E-state index in [0.717, 1.165) is 0 Å². The number of benzene rings is 1. The summed E-state index contributed by atoms with van der Waals surface area (Å²) >= 11 is 0. The molecule has 1 unspecified atom stereocenters. The summed E-state index contributed by atoms with van der Waals surface area (Å²) in [6.07, 6.45) is 0.299. The zero-order valence-corrected chi connectivity index (χ0v) is 15.2. The molecular weight excluding hydrogens is 244 g/mol. The molecular formula is C19H36O. The van der Waals surface area contributed by atoms with E-state index in [1.807, 2.05) is 33.8 Å². The van der Waals surface area contributed by atoms with Crippen molar-refractivity contribution in [1.82, 2.24) is 0 Å². The second-order valence-electron chi connectivity index (χ2n) is 5.83. The van der Waals surface area contributed by atoms with Gasteiger partial charge in [0.1, 0.15) is 0 Å². The summed E-state index contributed by atoms with van der Waals surface area (Å²) in [7, 11) is 0. The molecule has 1 rings (SSSR count). The predicted molar refractivity (Wildman–Crippen MR) is 92.0 cm³/mol. The first-order chi connectivity index (χ1) is 9.41. The lowest BCUT2D eigenvalue weighted by atomic mass is 9.82. The van der Waals surface area contributed by atoms with Crippen molar-refractivity contribution in [3.8, 4) is 0 Å². The zero-order valence-electron chi connectivity index (χ0n) is 15.2. The average molecular weight is 280 g/mol. The molecule has 0 amide bonds. The quantitative estimate of drug-likeness (QED) is 0.626. The van der Waals surface area contributed by atoms with Crippen molar-refractivity contribution in [3.63, 3.8) is 0 Å². The third-order valence-corrected chi connectivity index (χ3v) is 2.73. The summed E-state index contributed by atoms with van der Waals surface area (Å²) < 4.78 is 6.05. The molecule has 1 atom stereocenters. The Labute approximate surface area is 127 Å². The Balaban J connectivity index is 0. The van der Waals surface area contributed by atoms with Gasteiger partial charge in [-0.05, 0) is 16.9 Å². The molecule has 0 saturated carbocycles. The Kier molecular flexibility index (Phi) is 12.8. The number of ether oxygens (including phenoxy) is 1. The Morgan fingerprint density at radius 2 is 1.35 bits per heavy atom. The lowest BCUT2D eigenvalue weighted by Crippen LogP contribution is -2.33. The van der Waals surface area contributed by atoms with Crippen molar-refractivity contribution in [2.24, 2.45) is 11.3 Å². The van der Waals surface area contributed by atoms with Crippen molar-refractivity contribution < 1.29 is 4.74 Å². The van der Waals surface area contributed by atoms with Crippen molar-refractivity contribution in [2.75, 3.05) is 0 Å². The lowest BCUT2D eigenvalue weighted by Gasteiger charge is -2.33. The van der Waals surface area contributed by atoms with Gasteiger partial charge in [0.15, 0.2) is 0 Å². The van der Waals surface area contributed by atoms with Crippen LogP contribution in [-0.4, -0.2) is 6.10 Å². The van der Waals surface area contributed by atoms with Crippen LogP contribution in [0.3, 0.4) is 0 Å². The van der Waals surface area contributed by atoms with Crippen LogP contribution in [-0.2, 0) is 11.3 Å². The molecule has 118 valence electrons. The Morgan fingerprint density at radius 3 is 1.70 bits per heavy atom. The Morgan fingerprint density at radius 1 is 0.900 bits per heavy atom. The topological polar surface area (TPSA) is 9.23 Å². The van der Waals surface area contributed by atoms with E-state index in [1.165, 1.54) is 5.56 Å². The molecule has 0 radical (unpaired) electrons. The van der Waals surface area contributed by atoms with Crippen molar-refractivity contribution >= 4 is 0 Å². The number of hydrogen-bond donors (Lipinski definition) is 0. The fourth-order valence-electron chi connectivity index (χ4n) is 2.20. The number of hydrogen-bond acceptors (Lipinski definition) is 1. The van der Waals surface area contributed by atoms with E-state index in [0.29, 0.717) is 18.6 Å². The largest absolute Gasteiger partial charge is 0.373 e. The molecule has 1 aromatic rings. The van der Waals surface area contributed by atoms with Crippen LogP contribution in [0, 0.1) is 11.3 Å². The van der Waals surface area contributed by atoms with Crippen LogP contribution in [0.2, 0.25) is 0 Å².